The van der Waals surface area contributed by atoms with E-state index < -0.39 is 0 Å². The van der Waals surface area contributed by atoms with Crippen LogP contribution in [0.25, 0.3) is 27.8 Å². The second-order valence-electron chi connectivity index (χ2n) is 10.3. The Bertz CT molecular complexity index is 1350. The highest BCUT2D eigenvalue weighted by atomic mass is 16.1. The first-order chi connectivity index (χ1) is 16.3. The Morgan fingerprint density at radius 2 is 1.91 bits per heavy atom. The predicted octanol–water partition coefficient (Wildman–Crippen LogP) is 6.38. The van der Waals surface area contributed by atoms with Gasteiger partial charge in [-0.3, -0.25) is 9.69 Å². The van der Waals surface area contributed by atoms with Gasteiger partial charge >= 0.3 is 0 Å². The van der Waals surface area contributed by atoms with Crippen molar-refractivity contribution in [3.63, 3.8) is 0 Å². The number of nitrogens with one attached hydrogen (secondary N) is 1. The number of carbonyl (C=O) groups excluding carboxylic acids is 1. The van der Waals surface area contributed by atoms with Gasteiger partial charge in [-0.1, -0.05) is 26.8 Å². The van der Waals surface area contributed by atoms with Crippen LogP contribution in [0, 0.1) is 13.8 Å². The molecule has 5 heteroatoms. The summed E-state index contributed by atoms with van der Waals surface area (Å²) in [6, 6.07) is 11.5. The summed E-state index contributed by atoms with van der Waals surface area (Å²) >= 11 is 0. The van der Waals surface area contributed by atoms with Gasteiger partial charge in [0, 0.05) is 34.8 Å². The quantitative estimate of drug-likeness (QED) is 0.366. The number of hydrogen-bond acceptors (Lipinski definition) is 3. The molecule has 1 N–H and O–H groups in total. The van der Waals surface area contributed by atoms with Crippen molar-refractivity contribution in [3.05, 3.63) is 59.0 Å². The van der Waals surface area contributed by atoms with Crippen molar-refractivity contribution in [2.24, 2.45) is 0 Å². The van der Waals surface area contributed by atoms with Crippen molar-refractivity contribution in [1.29, 1.82) is 0 Å². The number of likely N-dealkylation sites (tertiary alicyclic amines) is 1. The number of piperidine rings is 1. The minimum absolute atomic E-state index is 0.347. The SMILES string of the molecule is CCC(=O)CN1CCC(c2ccc3[nH]c(-c4cc(C)n5cc(C)nc5c4)c(C(C)C)c3c2)CC1. The highest BCUT2D eigenvalue weighted by Crippen LogP contribution is 2.38. The monoisotopic (exact) mass is 456 g/mol. The van der Waals surface area contributed by atoms with Gasteiger partial charge in [0.1, 0.15) is 11.4 Å². The van der Waals surface area contributed by atoms with Crippen molar-refractivity contribution >= 4 is 22.3 Å². The summed E-state index contributed by atoms with van der Waals surface area (Å²) in [6.45, 7) is 13.3. The van der Waals surface area contributed by atoms with E-state index in [1.54, 1.807) is 0 Å². The second kappa shape index (κ2) is 9.03. The molecule has 1 aliphatic heterocycles. The van der Waals surface area contributed by atoms with E-state index >= 15 is 0 Å². The average Bonchev–Trinajstić information content (AvgIpc) is 3.39. The zero-order chi connectivity index (χ0) is 24.0. The van der Waals surface area contributed by atoms with Gasteiger partial charge in [0.2, 0.25) is 0 Å². The molecule has 0 saturated carbocycles. The number of imidazole rings is 1. The molecule has 1 aliphatic rings. The van der Waals surface area contributed by atoms with Crippen molar-refractivity contribution < 1.29 is 4.79 Å². The number of benzene rings is 1. The van der Waals surface area contributed by atoms with E-state index in [2.05, 4.69) is 71.6 Å². The molecule has 5 rings (SSSR count). The maximum Gasteiger partial charge on any atom is 0.146 e. The maximum atomic E-state index is 11.8. The number of aromatic nitrogens is 3. The summed E-state index contributed by atoms with van der Waals surface area (Å²) in [5, 5.41) is 1.34. The van der Waals surface area contributed by atoms with Gasteiger partial charge in [-0.05, 0) is 87.0 Å². The number of H-pyrrole nitrogens is 1. The van der Waals surface area contributed by atoms with E-state index in [1.807, 2.05) is 13.8 Å². The molecule has 1 saturated heterocycles. The van der Waals surface area contributed by atoms with Crippen LogP contribution in [0.5, 0.6) is 0 Å². The molecule has 0 bridgehead atoms. The van der Waals surface area contributed by atoms with E-state index in [0.29, 0.717) is 30.6 Å². The molecule has 4 heterocycles. The summed E-state index contributed by atoms with van der Waals surface area (Å²) in [5.74, 6) is 1.31. The fraction of sp³-hybridized carbons (Fsp3) is 0.448. The van der Waals surface area contributed by atoms with Crippen LogP contribution < -0.4 is 0 Å². The van der Waals surface area contributed by atoms with E-state index in [-0.39, 0.29) is 0 Å². The molecule has 5 nitrogen and oxygen atoms in total. The smallest absolute Gasteiger partial charge is 0.146 e. The number of aryl methyl sites for hydroxylation is 2. The van der Waals surface area contributed by atoms with E-state index in [0.717, 1.165) is 37.3 Å². The van der Waals surface area contributed by atoms with Gasteiger partial charge < -0.3 is 9.38 Å². The molecule has 1 aromatic carbocycles. The Morgan fingerprint density at radius 1 is 1.15 bits per heavy atom. The number of carbonyl (C=O) groups is 1. The number of pyridine rings is 1. The summed E-state index contributed by atoms with van der Waals surface area (Å²) < 4.78 is 2.16. The average molecular weight is 457 g/mol. The van der Waals surface area contributed by atoms with Gasteiger partial charge in [-0.15, -0.1) is 0 Å². The van der Waals surface area contributed by atoms with Crippen LogP contribution in [-0.2, 0) is 4.79 Å². The highest BCUT2D eigenvalue weighted by molar-refractivity contribution is 5.92. The number of fused-ring (bicyclic) bond motifs is 2. The first-order valence-corrected chi connectivity index (χ1v) is 12.7. The maximum absolute atomic E-state index is 11.8. The third-order valence-electron chi connectivity index (χ3n) is 7.46. The third-order valence-corrected chi connectivity index (χ3v) is 7.46. The molecule has 178 valence electrons. The Hall–Kier alpha value is -2.92. The molecule has 34 heavy (non-hydrogen) atoms. The lowest BCUT2D eigenvalue weighted by Crippen LogP contribution is -2.36. The molecule has 1 fully saturated rings. The molecular weight excluding hydrogens is 420 g/mol. The van der Waals surface area contributed by atoms with Gasteiger partial charge in [0.05, 0.1) is 17.9 Å². The predicted molar refractivity (Wildman–Crippen MR) is 140 cm³/mol. The zero-order valence-corrected chi connectivity index (χ0v) is 21.1. The minimum Gasteiger partial charge on any atom is -0.354 e. The fourth-order valence-electron chi connectivity index (χ4n) is 5.62. The topological polar surface area (TPSA) is 53.4 Å². The summed E-state index contributed by atoms with van der Waals surface area (Å²) in [6.07, 6.45) is 4.97. The van der Waals surface area contributed by atoms with E-state index in [4.69, 9.17) is 4.98 Å². The second-order valence-corrected chi connectivity index (χ2v) is 10.3. The Labute approximate surface area is 202 Å². The summed E-state index contributed by atoms with van der Waals surface area (Å²) in [5.41, 5.74) is 9.64. The fourth-order valence-corrected chi connectivity index (χ4v) is 5.62. The Morgan fingerprint density at radius 3 is 2.62 bits per heavy atom. The molecule has 0 spiro atoms. The van der Waals surface area contributed by atoms with Gasteiger partial charge in [-0.2, -0.15) is 0 Å². The Balaban J connectivity index is 1.49. The third kappa shape index (κ3) is 4.18. The lowest BCUT2D eigenvalue weighted by atomic mass is 9.87. The molecule has 0 radical (unpaired) electrons. The van der Waals surface area contributed by atoms with Crippen LogP contribution in [0.3, 0.4) is 0 Å². The summed E-state index contributed by atoms with van der Waals surface area (Å²) in [4.78, 5) is 22.6. The number of nitrogens with zero attached hydrogens (tertiary/aromatic N) is 3. The normalized spacial score (nSPS) is 15.7. The number of ketones is 1. The number of hydrogen-bond donors (Lipinski definition) is 1. The lowest BCUT2D eigenvalue weighted by molar-refractivity contribution is -0.120. The van der Waals surface area contributed by atoms with Crippen LogP contribution >= 0.6 is 0 Å². The van der Waals surface area contributed by atoms with E-state index in [1.165, 1.54) is 39.0 Å². The molecule has 0 unspecified atom stereocenters. The van der Waals surface area contributed by atoms with Crippen molar-refractivity contribution in [3.8, 4) is 11.3 Å². The van der Waals surface area contributed by atoms with Crippen LogP contribution in [0.4, 0.5) is 0 Å². The molecule has 3 aromatic heterocycles. The van der Waals surface area contributed by atoms with Gasteiger partial charge in [0.15, 0.2) is 0 Å². The van der Waals surface area contributed by atoms with Crippen LogP contribution in [0.2, 0.25) is 0 Å². The largest absolute Gasteiger partial charge is 0.354 e. The Kier molecular flexibility index (Phi) is 6.07. The standard InChI is InChI=1S/C29H36N4O/c1-6-24(34)17-32-11-9-21(10-12-32)22-7-8-26-25(14-22)28(18(2)3)29(31-26)23-13-20(5)33-16-19(4)30-27(33)15-23/h7-8,13-16,18,21,31H,6,9-12,17H2,1-5H3. The number of Topliss-reactive ketones (excluding diaryl/α,β-unsaturated/α-hetero) is 1. The molecule has 0 amide bonds. The molecule has 0 aliphatic carbocycles. The van der Waals surface area contributed by atoms with E-state index in [9.17, 15) is 4.79 Å². The van der Waals surface area contributed by atoms with Crippen molar-refractivity contribution in [2.45, 2.75) is 65.7 Å². The number of rotatable bonds is 6. The van der Waals surface area contributed by atoms with Gasteiger partial charge in [-0.25, -0.2) is 4.98 Å². The first-order valence-electron chi connectivity index (χ1n) is 12.7. The number of aromatic amines is 1. The molecule has 0 atom stereocenters. The minimum atomic E-state index is 0.347. The van der Waals surface area contributed by atoms with Crippen LogP contribution in [0.15, 0.2) is 36.5 Å². The van der Waals surface area contributed by atoms with Crippen molar-refractivity contribution in [1.82, 2.24) is 19.3 Å². The molecular formula is C29H36N4O. The van der Waals surface area contributed by atoms with Crippen LogP contribution in [-0.4, -0.2) is 44.7 Å². The lowest BCUT2D eigenvalue weighted by Gasteiger charge is -2.31. The zero-order valence-electron chi connectivity index (χ0n) is 21.1. The highest BCUT2D eigenvalue weighted by Gasteiger charge is 2.23. The van der Waals surface area contributed by atoms with Gasteiger partial charge in [0.25, 0.3) is 0 Å². The van der Waals surface area contributed by atoms with Crippen molar-refractivity contribution in [2.75, 3.05) is 19.6 Å². The first kappa shape index (κ1) is 22.9. The summed E-state index contributed by atoms with van der Waals surface area (Å²) in [7, 11) is 0. The van der Waals surface area contributed by atoms with Crippen LogP contribution in [0.1, 0.15) is 74.4 Å². The molecule has 4 aromatic rings.